The van der Waals surface area contributed by atoms with Crippen LogP contribution in [0.1, 0.15) is 36.7 Å². The first kappa shape index (κ1) is 14.7. The van der Waals surface area contributed by atoms with Crippen molar-refractivity contribution in [1.82, 2.24) is 4.90 Å². The summed E-state index contributed by atoms with van der Waals surface area (Å²) in [6.07, 6.45) is 0. The number of hydrogen-bond acceptors (Lipinski definition) is 4. The number of carbonyl (C=O) groups excluding carboxylic acids is 1. The van der Waals surface area contributed by atoms with Crippen LogP contribution >= 0.6 is 21.6 Å². The Labute approximate surface area is 132 Å². The number of hydrogen-bond donors (Lipinski definition) is 0. The largest absolute Gasteiger partial charge is 0.297 e. The van der Waals surface area contributed by atoms with Crippen molar-refractivity contribution in [2.75, 3.05) is 13.1 Å². The van der Waals surface area contributed by atoms with Crippen molar-refractivity contribution in [3.05, 3.63) is 35.4 Å². The lowest BCUT2D eigenvalue weighted by molar-refractivity contribution is 0.100. The van der Waals surface area contributed by atoms with Gasteiger partial charge in [0.15, 0.2) is 10.3 Å². The number of amides is 1. The second kappa shape index (κ2) is 5.50. The molecule has 0 saturated carbocycles. The van der Waals surface area contributed by atoms with Crippen LogP contribution in [0.3, 0.4) is 0 Å². The van der Waals surface area contributed by atoms with Crippen LogP contribution in [0, 0.1) is 0 Å². The Bertz CT molecular complexity index is 629. The van der Waals surface area contributed by atoms with E-state index in [2.05, 4.69) is 30.8 Å². The molecule has 0 unspecified atom stereocenters. The van der Waals surface area contributed by atoms with Gasteiger partial charge in [-0.2, -0.15) is 4.99 Å². The van der Waals surface area contributed by atoms with E-state index in [1.54, 1.807) is 10.8 Å². The average molecular weight is 319 g/mol. The van der Waals surface area contributed by atoms with Crippen molar-refractivity contribution < 1.29 is 4.79 Å². The molecule has 110 valence electrons. The lowest BCUT2D eigenvalue weighted by atomic mass is 9.87. The highest BCUT2D eigenvalue weighted by Gasteiger charge is 2.31. The third-order valence-corrected chi connectivity index (χ3v) is 5.61. The van der Waals surface area contributed by atoms with Crippen molar-refractivity contribution >= 4 is 37.8 Å². The molecule has 1 saturated heterocycles. The summed E-state index contributed by atoms with van der Waals surface area (Å²) in [7, 11) is 3.08. The summed E-state index contributed by atoms with van der Waals surface area (Å²) >= 11 is 0. The van der Waals surface area contributed by atoms with E-state index in [1.165, 1.54) is 16.4 Å². The topological polar surface area (TPSA) is 45.0 Å². The maximum Gasteiger partial charge on any atom is 0.279 e. The Kier molecular flexibility index (Phi) is 3.84. The quantitative estimate of drug-likeness (QED) is 0.743. The molecule has 0 atom stereocenters. The molecule has 0 spiro atoms. The van der Waals surface area contributed by atoms with Crippen LogP contribution in [0.15, 0.2) is 34.3 Å². The SMILES string of the molecule is CC(C)(C)c1ccc(C(=O)/N=C2\SSC3=NCCN32)cc1. The summed E-state index contributed by atoms with van der Waals surface area (Å²) < 4.78 is 0. The maximum absolute atomic E-state index is 12.3. The number of carbonyl (C=O) groups is 1. The first-order valence-electron chi connectivity index (χ1n) is 6.85. The molecule has 2 aliphatic heterocycles. The Morgan fingerprint density at radius 3 is 2.62 bits per heavy atom. The summed E-state index contributed by atoms with van der Waals surface area (Å²) in [5, 5.41) is 1.72. The lowest BCUT2D eigenvalue weighted by Gasteiger charge is -2.18. The zero-order valence-corrected chi connectivity index (χ0v) is 13.9. The minimum absolute atomic E-state index is 0.0896. The summed E-state index contributed by atoms with van der Waals surface area (Å²) in [5.41, 5.74) is 1.93. The van der Waals surface area contributed by atoms with Gasteiger partial charge in [-0.25, -0.2) is 0 Å². The number of amidine groups is 2. The number of nitrogens with zero attached hydrogens (tertiary/aromatic N) is 3. The van der Waals surface area contributed by atoms with Gasteiger partial charge in [-0.3, -0.25) is 14.7 Å². The molecule has 4 nitrogen and oxygen atoms in total. The lowest BCUT2D eigenvalue weighted by Crippen LogP contribution is -2.26. The molecule has 1 amide bonds. The van der Waals surface area contributed by atoms with Gasteiger partial charge in [0.25, 0.3) is 5.91 Å². The van der Waals surface area contributed by atoms with Crippen LogP contribution in [0.25, 0.3) is 0 Å². The molecule has 0 bridgehead atoms. The Hall–Kier alpha value is -1.27. The summed E-state index contributed by atoms with van der Waals surface area (Å²) in [6.45, 7) is 8.08. The molecule has 0 aromatic heterocycles. The van der Waals surface area contributed by atoms with E-state index < -0.39 is 0 Å². The predicted molar refractivity (Wildman–Crippen MR) is 91.1 cm³/mol. The van der Waals surface area contributed by atoms with Gasteiger partial charge >= 0.3 is 0 Å². The van der Waals surface area contributed by atoms with Crippen molar-refractivity contribution in [3.8, 4) is 0 Å². The van der Waals surface area contributed by atoms with Crippen molar-refractivity contribution in [1.29, 1.82) is 0 Å². The maximum atomic E-state index is 12.3. The van der Waals surface area contributed by atoms with Gasteiger partial charge in [-0.05, 0) is 44.7 Å². The Morgan fingerprint density at radius 1 is 1.24 bits per heavy atom. The first-order chi connectivity index (χ1) is 9.95. The van der Waals surface area contributed by atoms with Crippen molar-refractivity contribution in [2.24, 2.45) is 9.98 Å². The van der Waals surface area contributed by atoms with Gasteiger partial charge in [0.1, 0.15) is 0 Å². The van der Waals surface area contributed by atoms with E-state index in [4.69, 9.17) is 0 Å². The fourth-order valence-electron chi connectivity index (χ4n) is 2.14. The monoisotopic (exact) mass is 319 g/mol. The van der Waals surface area contributed by atoms with E-state index in [0.717, 1.165) is 23.4 Å². The van der Waals surface area contributed by atoms with Crippen LogP contribution in [0.2, 0.25) is 0 Å². The molecule has 3 rings (SSSR count). The third kappa shape index (κ3) is 3.01. The van der Waals surface area contributed by atoms with E-state index in [-0.39, 0.29) is 11.3 Å². The van der Waals surface area contributed by atoms with E-state index >= 15 is 0 Å². The second-order valence-corrected chi connectivity index (χ2v) is 8.07. The smallest absolute Gasteiger partial charge is 0.279 e. The van der Waals surface area contributed by atoms with Crippen LogP contribution in [-0.2, 0) is 5.41 Å². The molecule has 1 aromatic rings. The van der Waals surface area contributed by atoms with Gasteiger partial charge < -0.3 is 0 Å². The predicted octanol–water partition coefficient (Wildman–Crippen LogP) is 3.55. The van der Waals surface area contributed by atoms with Gasteiger partial charge in [0, 0.05) is 12.1 Å². The highest BCUT2D eigenvalue weighted by Crippen LogP contribution is 2.38. The summed E-state index contributed by atoms with van der Waals surface area (Å²) in [5.74, 6) is -0.188. The molecule has 21 heavy (non-hydrogen) atoms. The van der Waals surface area contributed by atoms with Gasteiger partial charge in [-0.15, -0.1) is 0 Å². The third-order valence-electron chi connectivity index (χ3n) is 3.42. The minimum atomic E-state index is -0.188. The highest BCUT2D eigenvalue weighted by molar-refractivity contribution is 8.88. The number of aliphatic imine (C=N–C) groups is 2. The molecule has 0 aliphatic carbocycles. The zero-order chi connectivity index (χ0) is 15.0. The molecule has 1 fully saturated rings. The molecule has 0 radical (unpaired) electrons. The van der Waals surface area contributed by atoms with Crippen LogP contribution < -0.4 is 0 Å². The number of fused-ring (bicyclic) bond motifs is 1. The molecular formula is C15H17N3OS2. The van der Waals surface area contributed by atoms with Gasteiger partial charge in [0.2, 0.25) is 0 Å². The Morgan fingerprint density at radius 2 is 1.95 bits per heavy atom. The molecule has 2 heterocycles. The number of benzene rings is 1. The standard InChI is InChI=1S/C15H17N3OS2/c1-15(2,3)11-6-4-10(5-7-11)12(19)17-14-18-9-8-16-13(18)20-21-14/h4-7H,8-9H2,1-3H3/b17-14-. The van der Waals surface area contributed by atoms with Crippen LogP contribution in [-0.4, -0.2) is 34.2 Å². The summed E-state index contributed by atoms with van der Waals surface area (Å²) in [4.78, 5) is 22.9. The van der Waals surface area contributed by atoms with Crippen molar-refractivity contribution in [3.63, 3.8) is 0 Å². The van der Waals surface area contributed by atoms with E-state index in [9.17, 15) is 4.79 Å². The molecule has 0 N–H and O–H groups in total. The van der Waals surface area contributed by atoms with Gasteiger partial charge in [-0.1, -0.05) is 32.9 Å². The van der Waals surface area contributed by atoms with Crippen LogP contribution in [0.5, 0.6) is 0 Å². The second-order valence-electron chi connectivity index (χ2n) is 6.01. The molecule has 1 aromatic carbocycles. The van der Waals surface area contributed by atoms with E-state index in [0.29, 0.717) is 5.56 Å². The van der Waals surface area contributed by atoms with Crippen molar-refractivity contribution in [2.45, 2.75) is 26.2 Å². The molecular weight excluding hydrogens is 302 g/mol. The average Bonchev–Trinajstić information content (AvgIpc) is 3.03. The minimum Gasteiger partial charge on any atom is -0.297 e. The fourth-order valence-corrected chi connectivity index (χ4v) is 4.40. The highest BCUT2D eigenvalue weighted by atomic mass is 33.1. The van der Waals surface area contributed by atoms with E-state index in [1.807, 2.05) is 29.2 Å². The zero-order valence-electron chi connectivity index (χ0n) is 12.3. The number of rotatable bonds is 1. The summed E-state index contributed by atoms with van der Waals surface area (Å²) in [6, 6.07) is 7.73. The normalized spacial score (nSPS) is 19.9. The molecule has 6 heteroatoms. The molecule has 2 aliphatic rings. The van der Waals surface area contributed by atoms with Crippen LogP contribution in [0.4, 0.5) is 0 Å². The first-order valence-corrected chi connectivity index (χ1v) is 9.00. The Balaban J connectivity index is 1.78. The fraction of sp³-hybridized carbons (Fsp3) is 0.400. The van der Waals surface area contributed by atoms with Gasteiger partial charge in [0.05, 0.1) is 6.54 Å².